The van der Waals surface area contributed by atoms with E-state index in [4.69, 9.17) is 11.3 Å². The first-order chi connectivity index (χ1) is 10.1. The first-order valence-corrected chi connectivity index (χ1v) is 6.33. The Morgan fingerprint density at radius 1 is 1.29 bits per heavy atom. The van der Waals surface area contributed by atoms with Gasteiger partial charge >= 0.3 is 0 Å². The molecule has 0 aliphatic carbocycles. The van der Waals surface area contributed by atoms with Gasteiger partial charge in [0.25, 0.3) is 0 Å². The van der Waals surface area contributed by atoms with Crippen LogP contribution < -0.4 is 10.6 Å². The summed E-state index contributed by atoms with van der Waals surface area (Å²) in [5.74, 6) is -1.78. The Morgan fingerprint density at radius 2 is 1.86 bits per heavy atom. The second-order valence-corrected chi connectivity index (χ2v) is 4.52. The van der Waals surface area contributed by atoms with Gasteiger partial charge in [-0.05, 0) is 17.7 Å². The van der Waals surface area contributed by atoms with Crippen molar-refractivity contribution in [3.8, 4) is 0 Å². The number of piperazine rings is 1. The highest BCUT2D eigenvalue weighted by molar-refractivity contribution is 5.78. The second-order valence-electron chi connectivity index (χ2n) is 4.52. The minimum absolute atomic E-state index is 0.0798. The van der Waals surface area contributed by atoms with Crippen LogP contribution >= 0.6 is 0 Å². The fraction of sp³-hybridized carbons (Fsp3) is 0.417. The van der Waals surface area contributed by atoms with Crippen molar-refractivity contribution in [1.82, 2.24) is 4.90 Å². The number of carbonyl (C=O) groups excluding carboxylic acids is 1. The first kappa shape index (κ1) is 15.0. The predicted molar refractivity (Wildman–Crippen MR) is 73.0 cm³/mol. The van der Waals surface area contributed by atoms with Gasteiger partial charge in [-0.25, -0.2) is 8.78 Å². The lowest BCUT2D eigenvalue weighted by atomic mass is 10.2. The van der Waals surface area contributed by atoms with Crippen LogP contribution in [0.1, 0.15) is 0 Å². The van der Waals surface area contributed by atoms with Crippen molar-refractivity contribution in [2.75, 3.05) is 37.6 Å². The zero-order valence-corrected chi connectivity index (χ0v) is 11.2. The molecule has 7 nitrogen and oxygen atoms in total. The Morgan fingerprint density at radius 3 is 2.33 bits per heavy atom. The third kappa shape index (κ3) is 3.21. The number of halogens is 2. The van der Waals surface area contributed by atoms with Crippen molar-refractivity contribution in [3.63, 3.8) is 0 Å². The molecular weight excluding hydrogens is 282 g/mol. The molecule has 112 valence electrons. The fourth-order valence-electron chi connectivity index (χ4n) is 2.27. The molecule has 1 fully saturated rings. The molecule has 0 bridgehead atoms. The standard InChI is InChI=1S/C12H14F2N6O/c13-9-5-8(17-18-16)6-10(14)12(9)20-3-1-19(2-4-20)11(21)7-15/h5-6H,1-4,7,15H2. The highest BCUT2D eigenvalue weighted by Gasteiger charge is 2.24. The SMILES string of the molecule is [N-]=[N+]=Nc1cc(F)c(N2CCN(C(=O)CN)CC2)c(F)c1. The number of azide groups is 1. The van der Waals surface area contributed by atoms with E-state index in [1.54, 1.807) is 4.90 Å². The lowest BCUT2D eigenvalue weighted by molar-refractivity contribution is -0.129. The lowest BCUT2D eigenvalue weighted by Crippen LogP contribution is -2.50. The zero-order valence-electron chi connectivity index (χ0n) is 11.2. The summed E-state index contributed by atoms with van der Waals surface area (Å²) in [7, 11) is 0. The molecule has 1 aromatic carbocycles. The quantitative estimate of drug-likeness (QED) is 0.520. The van der Waals surface area contributed by atoms with Gasteiger partial charge in [0.05, 0.1) is 6.54 Å². The molecule has 1 aliphatic rings. The maximum absolute atomic E-state index is 14.0. The number of hydrogen-bond acceptors (Lipinski definition) is 4. The summed E-state index contributed by atoms with van der Waals surface area (Å²) in [5, 5.41) is 3.18. The van der Waals surface area contributed by atoms with Crippen LogP contribution in [0.25, 0.3) is 10.4 Å². The number of rotatable bonds is 3. The molecule has 0 atom stereocenters. The minimum Gasteiger partial charge on any atom is -0.363 e. The maximum Gasteiger partial charge on any atom is 0.236 e. The van der Waals surface area contributed by atoms with Crippen molar-refractivity contribution in [2.45, 2.75) is 0 Å². The number of amides is 1. The van der Waals surface area contributed by atoms with Gasteiger partial charge in [-0.3, -0.25) is 4.79 Å². The van der Waals surface area contributed by atoms with Gasteiger partial charge in [-0.1, -0.05) is 5.11 Å². The minimum atomic E-state index is -0.795. The average molecular weight is 296 g/mol. The van der Waals surface area contributed by atoms with Gasteiger partial charge < -0.3 is 15.5 Å². The molecule has 9 heteroatoms. The van der Waals surface area contributed by atoms with E-state index in [0.717, 1.165) is 12.1 Å². The average Bonchev–Trinajstić information content (AvgIpc) is 2.47. The molecule has 1 saturated heterocycles. The number of carbonyl (C=O) groups is 1. The van der Waals surface area contributed by atoms with Crippen LogP contribution in [0.4, 0.5) is 20.2 Å². The molecule has 1 amide bonds. The zero-order chi connectivity index (χ0) is 15.4. The van der Waals surface area contributed by atoms with Crippen molar-refractivity contribution in [1.29, 1.82) is 0 Å². The third-order valence-corrected chi connectivity index (χ3v) is 3.29. The van der Waals surface area contributed by atoms with Crippen molar-refractivity contribution in [3.05, 3.63) is 34.2 Å². The monoisotopic (exact) mass is 296 g/mol. The summed E-state index contributed by atoms with van der Waals surface area (Å²) in [6.07, 6.45) is 0. The predicted octanol–water partition coefficient (Wildman–Crippen LogP) is 1.51. The normalized spacial score (nSPS) is 14.8. The molecule has 0 aromatic heterocycles. The Hall–Kier alpha value is -2.38. The Kier molecular flexibility index (Phi) is 4.56. The summed E-state index contributed by atoms with van der Waals surface area (Å²) >= 11 is 0. The van der Waals surface area contributed by atoms with Crippen LogP contribution in [-0.4, -0.2) is 43.5 Å². The van der Waals surface area contributed by atoms with Crippen LogP contribution in [0, 0.1) is 11.6 Å². The number of benzene rings is 1. The number of nitrogens with two attached hydrogens (primary N) is 1. The van der Waals surface area contributed by atoms with Crippen LogP contribution in [0.5, 0.6) is 0 Å². The summed E-state index contributed by atoms with van der Waals surface area (Å²) in [6.45, 7) is 1.24. The molecule has 0 saturated carbocycles. The van der Waals surface area contributed by atoms with E-state index in [2.05, 4.69) is 10.0 Å². The van der Waals surface area contributed by atoms with E-state index in [9.17, 15) is 13.6 Å². The summed E-state index contributed by atoms with van der Waals surface area (Å²) in [5.41, 5.74) is 13.3. The number of nitrogens with zero attached hydrogens (tertiary/aromatic N) is 5. The van der Waals surface area contributed by atoms with Crippen LogP contribution in [0.2, 0.25) is 0 Å². The second kappa shape index (κ2) is 6.38. The molecule has 2 N–H and O–H groups in total. The van der Waals surface area contributed by atoms with Gasteiger partial charge in [0.2, 0.25) is 5.91 Å². The van der Waals surface area contributed by atoms with Crippen molar-refractivity contribution in [2.24, 2.45) is 10.8 Å². The molecule has 0 spiro atoms. The summed E-state index contributed by atoms with van der Waals surface area (Å²) in [4.78, 5) is 17.0. The summed E-state index contributed by atoms with van der Waals surface area (Å²) < 4.78 is 28.0. The van der Waals surface area contributed by atoms with Gasteiger partial charge in [-0.15, -0.1) is 0 Å². The van der Waals surface area contributed by atoms with E-state index < -0.39 is 11.6 Å². The van der Waals surface area contributed by atoms with Gasteiger partial charge in [0, 0.05) is 36.8 Å². The molecular formula is C12H14F2N6O. The third-order valence-electron chi connectivity index (χ3n) is 3.29. The topological polar surface area (TPSA) is 98.3 Å². The highest BCUT2D eigenvalue weighted by Crippen LogP contribution is 2.29. The van der Waals surface area contributed by atoms with Gasteiger partial charge in [-0.2, -0.15) is 0 Å². The van der Waals surface area contributed by atoms with Crippen LogP contribution in [-0.2, 0) is 4.79 Å². The van der Waals surface area contributed by atoms with E-state index in [0.29, 0.717) is 26.2 Å². The van der Waals surface area contributed by atoms with Gasteiger partial charge in [0.15, 0.2) is 0 Å². The smallest absolute Gasteiger partial charge is 0.236 e. The van der Waals surface area contributed by atoms with Crippen molar-refractivity contribution < 1.29 is 13.6 Å². The highest BCUT2D eigenvalue weighted by atomic mass is 19.1. The molecule has 0 radical (unpaired) electrons. The first-order valence-electron chi connectivity index (χ1n) is 6.33. The fourth-order valence-corrected chi connectivity index (χ4v) is 2.27. The molecule has 0 unspecified atom stereocenters. The number of hydrogen-bond donors (Lipinski definition) is 1. The Balaban J connectivity index is 2.17. The van der Waals surface area contributed by atoms with E-state index in [-0.39, 0.29) is 23.8 Å². The number of anilines is 1. The van der Waals surface area contributed by atoms with E-state index in [1.165, 1.54) is 4.90 Å². The largest absolute Gasteiger partial charge is 0.363 e. The lowest BCUT2D eigenvalue weighted by Gasteiger charge is -2.36. The van der Waals surface area contributed by atoms with Crippen LogP contribution in [0.3, 0.4) is 0 Å². The maximum atomic E-state index is 14.0. The van der Waals surface area contributed by atoms with E-state index in [1.807, 2.05) is 0 Å². The van der Waals surface area contributed by atoms with Crippen LogP contribution in [0.15, 0.2) is 17.2 Å². The molecule has 21 heavy (non-hydrogen) atoms. The molecule has 1 aliphatic heterocycles. The van der Waals surface area contributed by atoms with E-state index >= 15 is 0 Å². The molecule has 1 aromatic rings. The molecule has 1 heterocycles. The summed E-state index contributed by atoms with van der Waals surface area (Å²) in [6, 6.07) is 1.96. The Bertz CT molecular complexity index is 570. The van der Waals surface area contributed by atoms with Crippen molar-refractivity contribution >= 4 is 17.3 Å². The molecule has 2 rings (SSSR count). The Labute approximate surface area is 119 Å². The van der Waals surface area contributed by atoms with Gasteiger partial charge in [0.1, 0.15) is 17.3 Å².